The molecule has 0 heterocycles. The summed E-state index contributed by atoms with van der Waals surface area (Å²) in [5.41, 5.74) is 5.68. The molecule has 0 saturated heterocycles. The van der Waals surface area contributed by atoms with Crippen LogP contribution in [-0.4, -0.2) is 32.4 Å². The number of nitrogens with one attached hydrogen (secondary N) is 1. The molecule has 0 aromatic heterocycles. The van der Waals surface area contributed by atoms with Crippen LogP contribution in [0.25, 0.3) is 0 Å². The van der Waals surface area contributed by atoms with Crippen molar-refractivity contribution in [3.63, 3.8) is 0 Å². The topological polar surface area (TPSA) is 69.2 Å². The van der Waals surface area contributed by atoms with Gasteiger partial charge in [0, 0.05) is 6.42 Å². The van der Waals surface area contributed by atoms with Gasteiger partial charge in [-0.05, 0) is 52.9 Å². The van der Waals surface area contributed by atoms with E-state index in [2.05, 4.69) is 36.5 Å². The normalized spacial score (nSPS) is 10.9. The maximum Gasteiger partial charge on any atom is 0.277 e. The van der Waals surface area contributed by atoms with E-state index in [0.29, 0.717) is 29.8 Å². The number of nitrogens with zero attached hydrogens (tertiary/aromatic N) is 1. The Kier molecular flexibility index (Phi) is 8.88. The number of carbonyl (C=O) groups is 1. The van der Waals surface area contributed by atoms with Crippen LogP contribution in [0.3, 0.4) is 0 Å². The number of benzene rings is 3. The number of hydrogen-bond acceptors (Lipinski definition) is 5. The lowest BCUT2D eigenvalue weighted by Crippen LogP contribution is -2.24. The number of ether oxygens (including phenoxy) is 3. The van der Waals surface area contributed by atoms with Gasteiger partial charge in [0.15, 0.2) is 18.1 Å². The molecule has 0 aliphatic rings. The van der Waals surface area contributed by atoms with E-state index in [1.165, 1.54) is 11.1 Å². The third-order valence-electron chi connectivity index (χ3n) is 5.00. The second-order valence-corrected chi connectivity index (χ2v) is 7.80. The fourth-order valence-electron chi connectivity index (χ4n) is 3.12. The van der Waals surface area contributed by atoms with Gasteiger partial charge in [0.2, 0.25) is 0 Å². The Balaban J connectivity index is 1.46. The number of amides is 1. The van der Waals surface area contributed by atoms with Crippen LogP contribution in [0.4, 0.5) is 0 Å². The highest BCUT2D eigenvalue weighted by Crippen LogP contribution is 2.27. The smallest absolute Gasteiger partial charge is 0.277 e. The standard InChI is InChI=1S/C27H30N2O4/c1-20(2)23-10-12-24(13-11-23)33-19-27(30)29-28-18-22-9-14-25(26(17-22)31-3)32-16-15-21-7-5-4-6-8-21/h4-14,17-18,20H,15-16,19H2,1-3H3,(H,29,30)/b28-18+. The van der Waals surface area contributed by atoms with Crippen LogP contribution in [-0.2, 0) is 11.2 Å². The number of rotatable bonds is 11. The molecule has 33 heavy (non-hydrogen) atoms. The zero-order chi connectivity index (χ0) is 23.5. The summed E-state index contributed by atoms with van der Waals surface area (Å²) >= 11 is 0. The van der Waals surface area contributed by atoms with Crippen molar-refractivity contribution < 1.29 is 19.0 Å². The van der Waals surface area contributed by atoms with Gasteiger partial charge in [-0.1, -0.05) is 56.3 Å². The molecular formula is C27H30N2O4. The Hall–Kier alpha value is -3.80. The second kappa shape index (κ2) is 12.3. The van der Waals surface area contributed by atoms with E-state index >= 15 is 0 Å². The number of hydrazone groups is 1. The molecule has 0 aliphatic carbocycles. The number of methoxy groups -OCH3 is 1. The molecule has 1 N–H and O–H groups in total. The van der Waals surface area contributed by atoms with E-state index in [-0.39, 0.29) is 12.5 Å². The summed E-state index contributed by atoms with van der Waals surface area (Å²) in [5.74, 6) is 2.02. The highest BCUT2D eigenvalue weighted by molar-refractivity contribution is 5.83. The van der Waals surface area contributed by atoms with Crippen molar-refractivity contribution in [2.75, 3.05) is 20.3 Å². The fraction of sp³-hybridized carbons (Fsp3) is 0.259. The lowest BCUT2D eigenvalue weighted by Gasteiger charge is -2.11. The highest BCUT2D eigenvalue weighted by Gasteiger charge is 2.06. The van der Waals surface area contributed by atoms with Crippen LogP contribution >= 0.6 is 0 Å². The maximum absolute atomic E-state index is 12.0. The lowest BCUT2D eigenvalue weighted by molar-refractivity contribution is -0.123. The maximum atomic E-state index is 12.0. The highest BCUT2D eigenvalue weighted by atomic mass is 16.5. The Bertz CT molecular complexity index is 1050. The Labute approximate surface area is 195 Å². The van der Waals surface area contributed by atoms with Gasteiger partial charge in [-0.15, -0.1) is 0 Å². The molecule has 0 bridgehead atoms. The van der Waals surface area contributed by atoms with Gasteiger partial charge >= 0.3 is 0 Å². The molecule has 3 rings (SSSR count). The predicted octanol–water partition coefficient (Wildman–Crippen LogP) is 4.97. The SMILES string of the molecule is COc1cc(/C=N/NC(=O)COc2ccc(C(C)C)cc2)ccc1OCCc1ccccc1. The van der Waals surface area contributed by atoms with E-state index < -0.39 is 0 Å². The first-order chi connectivity index (χ1) is 16.0. The molecule has 0 radical (unpaired) electrons. The summed E-state index contributed by atoms with van der Waals surface area (Å²) in [4.78, 5) is 12.0. The fourth-order valence-corrected chi connectivity index (χ4v) is 3.12. The van der Waals surface area contributed by atoms with E-state index in [9.17, 15) is 4.79 Å². The summed E-state index contributed by atoms with van der Waals surface area (Å²) in [5, 5.41) is 4.00. The van der Waals surface area contributed by atoms with Gasteiger partial charge in [-0.25, -0.2) is 5.43 Å². The zero-order valence-corrected chi connectivity index (χ0v) is 19.3. The molecule has 3 aromatic carbocycles. The molecule has 6 nitrogen and oxygen atoms in total. The van der Waals surface area contributed by atoms with E-state index in [0.717, 1.165) is 12.0 Å². The quantitative estimate of drug-likeness (QED) is 0.334. The molecule has 0 unspecified atom stereocenters. The molecule has 3 aromatic rings. The van der Waals surface area contributed by atoms with Crippen LogP contribution < -0.4 is 19.6 Å². The van der Waals surface area contributed by atoms with E-state index in [1.54, 1.807) is 19.4 Å². The van der Waals surface area contributed by atoms with Crippen molar-refractivity contribution in [3.05, 3.63) is 89.5 Å². The first kappa shape index (κ1) is 23.9. The molecule has 1 amide bonds. The Morgan fingerprint density at radius 3 is 2.42 bits per heavy atom. The zero-order valence-electron chi connectivity index (χ0n) is 19.3. The first-order valence-electron chi connectivity index (χ1n) is 10.9. The third kappa shape index (κ3) is 7.68. The van der Waals surface area contributed by atoms with Crippen molar-refractivity contribution >= 4 is 12.1 Å². The molecule has 0 saturated carbocycles. The summed E-state index contributed by atoms with van der Waals surface area (Å²) in [6.45, 7) is 4.69. The van der Waals surface area contributed by atoms with Gasteiger partial charge in [0.1, 0.15) is 5.75 Å². The van der Waals surface area contributed by atoms with Crippen LogP contribution in [0.5, 0.6) is 17.2 Å². The summed E-state index contributed by atoms with van der Waals surface area (Å²) in [6, 6.07) is 23.4. The lowest BCUT2D eigenvalue weighted by atomic mass is 10.0. The van der Waals surface area contributed by atoms with Crippen LogP contribution in [0.15, 0.2) is 77.9 Å². The molecule has 0 aliphatic heterocycles. The summed E-state index contributed by atoms with van der Waals surface area (Å²) < 4.78 is 16.8. The van der Waals surface area contributed by atoms with Gasteiger partial charge in [-0.2, -0.15) is 5.10 Å². The van der Waals surface area contributed by atoms with Crippen LogP contribution in [0, 0.1) is 0 Å². The minimum atomic E-state index is -0.341. The van der Waals surface area contributed by atoms with Crippen molar-refractivity contribution in [2.45, 2.75) is 26.2 Å². The molecular weight excluding hydrogens is 416 g/mol. The Morgan fingerprint density at radius 1 is 0.970 bits per heavy atom. The number of carbonyl (C=O) groups excluding carboxylic acids is 1. The Morgan fingerprint density at radius 2 is 1.73 bits per heavy atom. The van der Waals surface area contributed by atoms with E-state index in [1.807, 2.05) is 54.6 Å². The van der Waals surface area contributed by atoms with Crippen molar-refractivity contribution in [1.29, 1.82) is 0 Å². The summed E-state index contributed by atoms with van der Waals surface area (Å²) in [6.07, 6.45) is 2.36. The van der Waals surface area contributed by atoms with Gasteiger partial charge in [0.25, 0.3) is 5.91 Å². The molecule has 6 heteroatoms. The van der Waals surface area contributed by atoms with Crippen molar-refractivity contribution in [2.24, 2.45) is 5.10 Å². The molecule has 0 atom stereocenters. The molecule has 0 fully saturated rings. The monoisotopic (exact) mass is 446 g/mol. The van der Waals surface area contributed by atoms with Crippen molar-refractivity contribution in [1.82, 2.24) is 5.43 Å². The van der Waals surface area contributed by atoms with Gasteiger partial charge in [0.05, 0.1) is 19.9 Å². The minimum Gasteiger partial charge on any atom is -0.493 e. The average Bonchev–Trinajstić information content (AvgIpc) is 2.84. The predicted molar refractivity (Wildman–Crippen MR) is 130 cm³/mol. The first-order valence-corrected chi connectivity index (χ1v) is 10.9. The third-order valence-corrected chi connectivity index (χ3v) is 5.00. The number of hydrogen-bond donors (Lipinski definition) is 1. The second-order valence-electron chi connectivity index (χ2n) is 7.80. The average molecular weight is 447 g/mol. The summed E-state index contributed by atoms with van der Waals surface area (Å²) in [7, 11) is 1.59. The largest absolute Gasteiger partial charge is 0.493 e. The molecule has 0 spiro atoms. The van der Waals surface area contributed by atoms with Gasteiger partial charge in [-0.3, -0.25) is 4.79 Å². The molecule has 172 valence electrons. The van der Waals surface area contributed by atoms with Crippen LogP contribution in [0.1, 0.15) is 36.5 Å². The minimum absolute atomic E-state index is 0.115. The van der Waals surface area contributed by atoms with Gasteiger partial charge < -0.3 is 14.2 Å². The van der Waals surface area contributed by atoms with Crippen molar-refractivity contribution in [3.8, 4) is 17.2 Å². The van der Waals surface area contributed by atoms with Crippen LogP contribution in [0.2, 0.25) is 0 Å². The van der Waals surface area contributed by atoms with E-state index in [4.69, 9.17) is 14.2 Å².